The summed E-state index contributed by atoms with van der Waals surface area (Å²) in [7, 11) is 0. The first-order valence-electron chi connectivity index (χ1n) is 7.56. The number of nitro benzene ring substituents is 1. The lowest BCUT2D eigenvalue weighted by Gasteiger charge is -2.15. The number of nitrogens with zero attached hydrogens (tertiary/aromatic N) is 2. The van der Waals surface area contributed by atoms with E-state index in [0.717, 1.165) is 22.5 Å². The molecule has 0 fully saturated rings. The van der Waals surface area contributed by atoms with Gasteiger partial charge in [0.2, 0.25) is 5.82 Å². The van der Waals surface area contributed by atoms with Crippen molar-refractivity contribution < 1.29 is 14.1 Å². The Labute approximate surface area is 142 Å². The summed E-state index contributed by atoms with van der Waals surface area (Å²) in [4.78, 5) is 26.5. The number of nitrogens with one attached hydrogen (secondary N) is 1. The van der Waals surface area contributed by atoms with Crippen LogP contribution in [0.1, 0.15) is 28.9 Å². The zero-order chi connectivity index (χ0) is 18.0. The molecule has 3 aromatic rings. The van der Waals surface area contributed by atoms with Crippen LogP contribution in [0, 0.1) is 15.9 Å². The van der Waals surface area contributed by atoms with Gasteiger partial charge < -0.3 is 5.32 Å². The highest BCUT2D eigenvalue weighted by atomic mass is 19.1. The summed E-state index contributed by atoms with van der Waals surface area (Å²) < 4.78 is 14.1. The van der Waals surface area contributed by atoms with Crippen LogP contribution < -0.4 is 5.32 Å². The van der Waals surface area contributed by atoms with Crippen LogP contribution in [0.25, 0.3) is 10.9 Å². The zero-order valence-electron chi connectivity index (χ0n) is 13.3. The second kappa shape index (κ2) is 6.64. The lowest BCUT2D eigenvalue weighted by atomic mass is 10.0. The largest absolute Gasteiger partial charge is 0.345 e. The number of nitro groups is 1. The molecule has 0 unspecified atom stereocenters. The number of carbonyl (C=O) groups is 1. The first-order chi connectivity index (χ1) is 12.0. The van der Waals surface area contributed by atoms with E-state index in [1.807, 2.05) is 30.3 Å². The topological polar surface area (TPSA) is 85.1 Å². The maximum Gasteiger partial charge on any atom is 0.305 e. The van der Waals surface area contributed by atoms with Crippen LogP contribution in [0.2, 0.25) is 0 Å². The number of hydrogen-bond acceptors (Lipinski definition) is 4. The highest BCUT2D eigenvalue weighted by molar-refractivity contribution is 5.95. The van der Waals surface area contributed by atoms with Gasteiger partial charge in [-0.25, -0.2) is 0 Å². The lowest BCUT2D eigenvalue weighted by molar-refractivity contribution is -0.387. The van der Waals surface area contributed by atoms with Gasteiger partial charge in [0.1, 0.15) is 0 Å². The summed E-state index contributed by atoms with van der Waals surface area (Å²) in [6, 6.07) is 12.4. The molecule has 25 heavy (non-hydrogen) atoms. The molecule has 7 heteroatoms. The highest BCUT2D eigenvalue weighted by Gasteiger charge is 2.22. The minimum absolute atomic E-state index is 0.358. The smallest absolute Gasteiger partial charge is 0.305 e. The first kappa shape index (κ1) is 16.5. The molecule has 6 nitrogen and oxygen atoms in total. The van der Waals surface area contributed by atoms with Gasteiger partial charge in [-0.1, -0.05) is 18.2 Å². The Morgan fingerprint density at radius 3 is 2.80 bits per heavy atom. The van der Waals surface area contributed by atoms with Gasteiger partial charge in [0.25, 0.3) is 5.91 Å². The average Bonchev–Trinajstić information content (AvgIpc) is 2.61. The molecule has 0 bridgehead atoms. The minimum atomic E-state index is -1.14. The molecule has 1 amide bonds. The van der Waals surface area contributed by atoms with Crippen molar-refractivity contribution in [3.63, 3.8) is 0 Å². The van der Waals surface area contributed by atoms with E-state index < -0.39 is 28.4 Å². The number of amides is 1. The van der Waals surface area contributed by atoms with E-state index >= 15 is 0 Å². The SMILES string of the molecule is C[C@H](NC(=O)c1cccc([N+](=O)[O-])c1F)c1ccc2ncccc2c1. The molecule has 0 aliphatic heterocycles. The molecule has 0 saturated heterocycles. The van der Waals surface area contributed by atoms with E-state index in [4.69, 9.17) is 0 Å². The van der Waals surface area contributed by atoms with E-state index in [0.29, 0.717) is 0 Å². The Morgan fingerprint density at radius 1 is 1.24 bits per heavy atom. The molecule has 3 rings (SSSR count). The average molecular weight is 339 g/mol. The normalized spacial score (nSPS) is 11.9. The fraction of sp³-hybridized carbons (Fsp3) is 0.111. The van der Waals surface area contributed by atoms with E-state index in [9.17, 15) is 19.3 Å². The number of halogens is 1. The van der Waals surface area contributed by atoms with Crippen LogP contribution in [0.3, 0.4) is 0 Å². The third-order valence-corrected chi connectivity index (χ3v) is 3.89. The fourth-order valence-corrected chi connectivity index (χ4v) is 2.56. The second-order valence-corrected chi connectivity index (χ2v) is 5.55. The van der Waals surface area contributed by atoms with Gasteiger partial charge >= 0.3 is 5.69 Å². The van der Waals surface area contributed by atoms with Crippen LogP contribution in [0.5, 0.6) is 0 Å². The summed E-state index contributed by atoms with van der Waals surface area (Å²) >= 11 is 0. The van der Waals surface area contributed by atoms with Crippen molar-refractivity contribution in [2.75, 3.05) is 0 Å². The van der Waals surface area contributed by atoms with Gasteiger partial charge in [-0.15, -0.1) is 0 Å². The van der Waals surface area contributed by atoms with Crippen LogP contribution in [-0.2, 0) is 0 Å². The molecule has 0 spiro atoms. The number of carbonyl (C=O) groups excluding carboxylic acids is 1. The molecule has 0 radical (unpaired) electrons. The van der Waals surface area contributed by atoms with E-state index in [1.54, 1.807) is 13.1 Å². The molecule has 1 heterocycles. The molecule has 0 aliphatic carbocycles. The minimum Gasteiger partial charge on any atom is -0.345 e. The van der Waals surface area contributed by atoms with Crippen molar-refractivity contribution >= 4 is 22.5 Å². The second-order valence-electron chi connectivity index (χ2n) is 5.55. The van der Waals surface area contributed by atoms with Gasteiger partial charge in [0.15, 0.2) is 0 Å². The number of rotatable bonds is 4. The molecule has 0 saturated carbocycles. The van der Waals surface area contributed by atoms with Gasteiger partial charge in [-0.2, -0.15) is 4.39 Å². The summed E-state index contributed by atoms with van der Waals surface area (Å²) in [6.07, 6.45) is 1.69. The summed E-state index contributed by atoms with van der Waals surface area (Å²) in [5.74, 6) is -1.85. The summed E-state index contributed by atoms with van der Waals surface area (Å²) in [5, 5.41) is 14.4. The Kier molecular flexibility index (Phi) is 4.38. The van der Waals surface area contributed by atoms with Crippen molar-refractivity contribution in [3.8, 4) is 0 Å². The molecule has 2 aromatic carbocycles. The molecule has 1 aromatic heterocycles. The van der Waals surface area contributed by atoms with Crippen molar-refractivity contribution in [2.24, 2.45) is 0 Å². The Morgan fingerprint density at radius 2 is 2.04 bits per heavy atom. The van der Waals surface area contributed by atoms with E-state index in [-0.39, 0.29) is 5.56 Å². The molecule has 1 atom stereocenters. The van der Waals surface area contributed by atoms with Crippen molar-refractivity contribution in [1.82, 2.24) is 10.3 Å². The maximum atomic E-state index is 14.1. The molecular formula is C18H14FN3O3. The number of aromatic nitrogens is 1. The quantitative estimate of drug-likeness (QED) is 0.579. The predicted octanol–water partition coefficient (Wildman–Crippen LogP) is 3.77. The van der Waals surface area contributed by atoms with Crippen LogP contribution in [-0.4, -0.2) is 15.8 Å². The van der Waals surface area contributed by atoms with Gasteiger partial charge in [-0.05, 0) is 36.8 Å². The summed E-state index contributed by atoms with van der Waals surface area (Å²) in [6.45, 7) is 1.75. The van der Waals surface area contributed by atoms with E-state index in [2.05, 4.69) is 10.3 Å². The molecule has 126 valence electrons. The standard InChI is InChI=1S/C18H14FN3O3/c1-11(12-7-8-15-13(10-12)4-3-9-20-15)21-18(23)14-5-2-6-16(17(14)19)22(24)25/h2-11H,1H3,(H,21,23)/t11-/m0/s1. The maximum absolute atomic E-state index is 14.1. The number of hydrogen-bond donors (Lipinski definition) is 1. The van der Waals surface area contributed by atoms with Crippen LogP contribution in [0.4, 0.5) is 10.1 Å². The van der Waals surface area contributed by atoms with Gasteiger partial charge in [0.05, 0.1) is 22.0 Å². The highest BCUT2D eigenvalue weighted by Crippen LogP contribution is 2.22. The first-order valence-corrected chi connectivity index (χ1v) is 7.56. The fourth-order valence-electron chi connectivity index (χ4n) is 2.56. The van der Waals surface area contributed by atoms with Crippen molar-refractivity contribution in [2.45, 2.75) is 13.0 Å². The molecule has 1 N–H and O–H groups in total. The third-order valence-electron chi connectivity index (χ3n) is 3.89. The van der Waals surface area contributed by atoms with Crippen molar-refractivity contribution in [3.05, 3.63) is 81.8 Å². The Balaban J connectivity index is 1.84. The Bertz CT molecular complexity index is 975. The summed E-state index contributed by atoms with van der Waals surface area (Å²) in [5.41, 5.74) is 0.565. The number of pyridine rings is 1. The number of fused-ring (bicyclic) bond motifs is 1. The van der Waals surface area contributed by atoms with E-state index in [1.165, 1.54) is 12.1 Å². The molecular weight excluding hydrogens is 325 g/mol. The van der Waals surface area contributed by atoms with Gasteiger partial charge in [0, 0.05) is 17.6 Å². The predicted molar refractivity (Wildman–Crippen MR) is 90.7 cm³/mol. The van der Waals surface area contributed by atoms with Crippen LogP contribution in [0.15, 0.2) is 54.7 Å². The van der Waals surface area contributed by atoms with Gasteiger partial charge in [-0.3, -0.25) is 19.9 Å². The monoisotopic (exact) mass is 339 g/mol. The number of benzene rings is 2. The van der Waals surface area contributed by atoms with Crippen LogP contribution >= 0.6 is 0 Å². The lowest BCUT2D eigenvalue weighted by Crippen LogP contribution is -2.27. The third kappa shape index (κ3) is 3.30. The molecule has 0 aliphatic rings. The van der Waals surface area contributed by atoms with Crippen molar-refractivity contribution in [1.29, 1.82) is 0 Å². The Hall–Kier alpha value is -3.35. The zero-order valence-corrected chi connectivity index (χ0v) is 13.3.